The molecule has 31 heavy (non-hydrogen) atoms. The van der Waals surface area contributed by atoms with Crippen molar-refractivity contribution in [2.24, 2.45) is 0 Å². The van der Waals surface area contributed by atoms with Gasteiger partial charge < -0.3 is 15.4 Å². The second kappa shape index (κ2) is 8.62. The molecular weight excluding hydrogens is 417 g/mol. The molecule has 156 valence electrons. The Morgan fingerprint density at radius 2 is 1.77 bits per heavy atom. The van der Waals surface area contributed by atoms with Gasteiger partial charge in [0.2, 0.25) is 0 Å². The molecule has 1 aromatic heterocycles. The summed E-state index contributed by atoms with van der Waals surface area (Å²) in [6.45, 7) is 1.89. The van der Waals surface area contributed by atoms with Gasteiger partial charge in [-0.25, -0.2) is 14.2 Å². The van der Waals surface area contributed by atoms with Crippen molar-refractivity contribution in [2.45, 2.75) is 6.92 Å². The number of methoxy groups -OCH3 is 1. The van der Waals surface area contributed by atoms with Gasteiger partial charge in [-0.05, 0) is 67.1 Å². The molecule has 0 saturated carbocycles. The predicted molar refractivity (Wildman–Crippen MR) is 123 cm³/mol. The van der Waals surface area contributed by atoms with E-state index in [0.717, 1.165) is 16.5 Å². The number of aryl methyl sites for hydroxylation is 1. The van der Waals surface area contributed by atoms with Crippen LogP contribution in [0, 0.1) is 12.7 Å². The Kier molecular flexibility index (Phi) is 5.73. The lowest BCUT2D eigenvalue weighted by Crippen LogP contribution is -2.20. The fourth-order valence-electron chi connectivity index (χ4n) is 3.22. The first-order valence-corrected chi connectivity index (χ1v) is 9.89. The Bertz CT molecular complexity index is 1280. The zero-order chi connectivity index (χ0) is 22.0. The summed E-state index contributed by atoms with van der Waals surface area (Å²) in [6.07, 6.45) is 0. The van der Waals surface area contributed by atoms with Crippen LogP contribution in [0.3, 0.4) is 0 Å². The van der Waals surface area contributed by atoms with E-state index in [0.29, 0.717) is 33.4 Å². The zero-order valence-corrected chi connectivity index (χ0v) is 17.6. The van der Waals surface area contributed by atoms with Crippen LogP contribution in [0.5, 0.6) is 5.75 Å². The Labute approximate surface area is 183 Å². The minimum atomic E-state index is -0.389. The zero-order valence-electron chi connectivity index (χ0n) is 16.9. The van der Waals surface area contributed by atoms with Crippen LogP contribution in [-0.2, 0) is 0 Å². The van der Waals surface area contributed by atoms with Crippen molar-refractivity contribution in [1.29, 1.82) is 0 Å². The lowest BCUT2D eigenvalue weighted by atomic mass is 10.1. The number of hydrogen-bond donors (Lipinski definition) is 2. The average Bonchev–Trinajstić information content (AvgIpc) is 2.76. The highest BCUT2D eigenvalue weighted by Gasteiger charge is 2.11. The Balaban J connectivity index is 1.61. The molecule has 0 aliphatic heterocycles. The number of anilines is 2. The Morgan fingerprint density at radius 3 is 2.52 bits per heavy atom. The number of halogens is 2. The van der Waals surface area contributed by atoms with Crippen LogP contribution < -0.4 is 15.4 Å². The lowest BCUT2D eigenvalue weighted by molar-refractivity contribution is 0.262. The molecule has 0 saturated heterocycles. The summed E-state index contributed by atoms with van der Waals surface area (Å²) in [5.41, 5.74) is 4.25. The number of urea groups is 1. The SMILES string of the molecule is COc1cc(-c2ccc(F)cc2)nc2ccc(NC(=O)Nc3cc(Cl)ccc3C)cc12. The first kappa shape index (κ1) is 20.6. The molecule has 7 heteroatoms. The second-order valence-corrected chi connectivity index (χ2v) is 7.42. The highest BCUT2D eigenvalue weighted by atomic mass is 35.5. The molecule has 4 rings (SSSR count). The van der Waals surface area contributed by atoms with Crippen LogP contribution in [0.15, 0.2) is 66.7 Å². The van der Waals surface area contributed by atoms with E-state index in [1.807, 2.05) is 13.0 Å². The van der Waals surface area contributed by atoms with Gasteiger partial charge >= 0.3 is 6.03 Å². The van der Waals surface area contributed by atoms with Crippen molar-refractivity contribution < 1.29 is 13.9 Å². The molecule has 0 bridgehead atoms. The van der Waals surface area contributed by atoms with E-state index in [-0.39, 0.29) is 11.8 Å². The third-order valence-corrected chi connectivity index (χ3v) is 5.07. The fraction of sp³-hybridized carbons (Fsp3) is 0.0833. The van der Waals surface area contributed by atoms with E-state index in [4.69, 9.17) is 16.3 Å². The Hall–Kier alpha value is -3.64. The van der Waals surface area contributed by atoms with Crippen molar-refractivity contribution in [3.8, 4) is 17.0 Å². The minimum absolute atomic E-state index is 0.307. The minimum Gasteiger partial charge on any atom is -0.496 e. The number of carbonyl (C=O) groups is 1. The van der Waals surface area contributed by atoms with Crippen LogP contribution >= 0.6 is 11.6 Å². The van der Waals surface area contributed by atoms with Crippen molar-refractivity contribution >= 4 is 39.9 Å². The van der Waals surface area contributed by atoms with Crippen molar-refractivity contribution in [3.63, 3.8) is 0 Å². The standard InChI is InChI=1S/C24H19ClFN3O2/c1-14-3-6-16(25)11-21(14)29-24(30)27-18-9-10-20-19(12-18)23(31-2)13-22(28-20)15-4-7-17(26)8-5-15/h3-13H,1-2H3,(H2,27,29,30). The molecule has 0 aliphatic rings. The number of amides is 2. The third kappa shape index (κ3) is 4.59. The molecule has 2 amide bonds. The number of benzene rings is 3. The normalized spacial score (nSPS) is 10.7. The quantitative estimate of drug-likeness (QED) is 0.377. The van der Waals surface area contributed by atoms with E-state index in [2.05, 4.69) is 15.6 Å². The van der Waals surface area contributed by atoms with E-state index < -0.39 is 0 Å². The predicted octanol–water partition coefficient (Wildman–Crippen LogP) is 6.66. The van der Waals surface area contributed by atoms with Crippen molar-refractivity contribution in [2.75, 3.05) is 17.7 Å². The van der Waals surface area contributed by atoms with E-state index >= 15 is 0 Å². The molecular formula is C24H19ClFN3O2. The van der Waals surface area contributed by atoms with Crippen LogP contribution in [0.25, 0.3) is 22.2 Å². The van der Waals surface area contributed by atoms with E-state index in [1.54, 1.807) is 55.6 Å². The summed E-state index contributed by atoms with van der Waals surface area (Å²) in [5.74, 6) is 0.289. The highest BCUT2D eigenvalue weighted by molar-refractivity contribution is 6.31. The summed E-state index contributed by atoms with van der Waals surface area (Å²) in [4.78, 5) is 17.1. The Morgan fingerprint density at radius 1 is 1.00 bits per heavy atom. The van der Waals surface area contributed by atoms with Crippen LogP contribution in [-0.4, -0.2) is 18.1 Å². The number of nitrogens with one attached hydrogen (secondary N) is 2. The molecule has 0 atom stereocenters. The van der Waals surface area contributed by atoms with Crippen LogP contribution in [0.2, 0.25) is 5.02 Å². The molecule has 3 aromatic carbocycles. The summed E-state index contributed by atoms with van der Waals surface area (Å²) in [7, 11) is 1.57. The van der Waals surface area contributed by atoms with Gasteiger partial charge in [0.15, 0.2) is 0 Å². The van der Waals surface area contributed by atoms with Gasteiger partial charge in [0.1, 0.15) is 11.6 Å². The largest absolute Gasteiger partial charge is 0.496 e. The molecule has 4 aromatic rings. The smallest absolute Gasteiger partial charge is 0.323 e. The number of pyridine rings is 1. The van der Waals surface area contributed by atoms with E-state index in [9.17, 15) is 9.18 Å². The molecule has 0 spiro atoms. The maximum Gasteiger partial charge on any atom is 0.323 e. The van der Waals surface area contributed by atoms with Gasteiger partial charge in [-0.1, -0.05) is 17.7 Å². The maximum absolute atomic E-state index is 13.2. The molecule has 0 fully saturated rings. The third-order valence-electron chi connectivity index (χ3n) is 4.84. The number of rotatable bonds is 4. The first-order chi connectivity index (χ1) is 14.9. The summed E-state index contributed by atoms with van der Waals surface area (Å²) in [6, 6.07) is 18.2. The van der Waals surface area contributed by atoms with Gasteiger partial charge in [0.05, 0.1) is 18.3 Å². The number of carbonyl (C=O) groups excluding carboxylic acids is 1. The molecule has 0 radical (unpaired) electrons. The summed E-state index contributed by atoms with van der Waals surface area (Å²) < 4.78 is 18.8. The number of fused-ring (bicyclic) bond motifs is 1. The highest BCUT2D eigenvalue weighted by Crippen LogP contribution is 2.32. The van der Waals surface area contributed by atoms with E-state index in [1.165, 1.54) is 12.1 Å². The first-order valence-electron chi connectivity index (χ1n) is 9.52. The average molecular weight is 436 g/mol. The topological polar surface area (TPSA) is 63.2 Å². The molecule has 5 nitrogen and oxygen atoms in total. The summed E-state index contributed by atoms with van der Waals surface area (Å²) >= 11 is 6.01. The number of hydrogen-bond acceptors (Lipinski definition) is 3. The van der Waals surface area contributed by atoms with Crippen molar-refractivity contribution in [3.05, 3.63) is 83.1 Å². The van der Waals surface area contributed by atoms with Gasteiger partial charge in [0.25, 0.3) is 0 Å². The van der Waals surface area contributed by atoms with Gasteiger partial charge in [0, 0.05) is 33.4 Å². The lowest BCUT2D eigenvalue weighted by Gasteiger charge is -2.13. The maximum atomic E-state index is 13.2. The summed E-state index contributed by atoms with van der Waals surface area (Å²) in [5, 5.41) is 6.90. The fourth-order valence-corrected chi connectivity index (χ4v) is 3.40. The van der Waals surface area contributed by atoms with Crippen molar-refractivity contribution in [1.82, 2.24) is 4.98 Å². The molecule has 0 aliphatic carbocycles. The second-order valence-electron chi connectivity index (χ2n) is 6.99. The molecule has 1 heterocycles. The number of ether oxygens (including phenoxy) is 1. The van der Waals surface area contributed by atoms with Gasteiger partial charge in [-0.15, -0.1) is 0 Å². The van der Waals surface area contributed by atoms with Crippen LogP contribution in [0.1, 0.15) is 5.56 Å². The number of aromatic nitrogens is 1. The monoisotopic (exact) mass is 435 g/mol. The molecule has 2 N–H and O–H groups in total. The van der Waals surface area contributed by atoms with Crippen LogP contribution in [0.4, 0.5) is 20.6 Å². The number of nitrogens with zero attached hydrogens (tertiary/aromatic N) is 1. The van der Waals surface area contributed by atoms with Gasteiger partial charge in [-0.2, -0.15) is 0 Å². The molecule has 0 unspecified atom stereocenters. The van der Waals surface area contributed by atoms with Gasteiger partial charge in [-0.3, -0.25) is 0 Å².